The summed E-state index contributed by atoms with van der Waals surface area (Å²) < 4.78 is 0.780. The van der Waals surface area contributed by atoms with Crippen LogP contribution in [0.2, 0.25) is 0 Å². The molecule has 0 aliphatic carbocycles. The van der Waals surface area contributed by atoms with Gasteiger partial charge in [-0.15, -0.1) is 0 Å². The first-order valence-corrected chi connectivity index (χ1v) is 5.90. The van der Waals surface area contributed by atoms with E-state index in [2.05, 4.69) is 36.2 Å². The Hall–Kier alpha value is -1.69. The lowest BCUT2D eigenvalue weighted by molar-refractivity contribution is 0.863. The van der Waals surface area contributed by atoms with E-state index >= 15 is 0 Å². The van der Waals surface area contributed by atoms with Crippen molar-refractivity contribution < 1.29 is 0 Å². The summed E-state index contributed by atoms with van der Waals surface area (Å²) in [6.07, 6.45) is 5.19. The van der Waals surface area contributed by atoms with Crippen molar-refractivity contribution in [1.82, 2.24) is 15.0 Å². The fourth-order valence-corrected chi connectivity index (χ4v) is 1.71. The third kappa shape index (κ3) is 2.91. The van der Waals surface area contributed by atoms with Crippen molar-refractivity contribution in [1.29, 1.82) is 0 Å². The van der Waals surface area contributed by atoms with Crippen molar-refractivity contribution in [3.05, 3.63) is 40.8 Å². The Balaban J connectivity index is 2.18. The topological polar surface area (TPSA) is 76.7 Å². The van der Waals surface area contributed by atoms with Crippen molar-refractivity contribution in [2.45, 2.75) is 13.0 Å². The first-order chi connectivity index (χ1) is 8.16. The maximum Gasteiger partial charge on any atom is 0.221 e. The van der Waals surface area contributed by atoms with E-state index in [1.165, 1.54) is 0 Å². The molecule has 2 aromatic rings. The number of pyridine rings is 1. The minimum atomic E-state index is 0.0919. The SMILES string of the molecule is CC(Nc1nc(N)ncc1Br)c1cccnc1. The molecular formula is C11H12BrN5. The highest BCUT2D eigenvalue weighted by Crippen LogP contribution is 2.24. The summed E-state index contributed by atoms with van der Waals surface area (Å²) in [5, 5.41) is 3.25. The number of nitrogen functional groups attached to an aromatic ring is 1. The molecule has 5 nitrogen and oxygen atoms in total. The standard InChI is InChI=1S/C11H12BrN5/c1-7(8-3-2-4-14-5-8)16-10-9(12)6-15-11(13)17-10/h2-7H,1H3,(H3,13,15,16,17). The molecule has 0 spiro atoms. The van der Waals surface area contributed by atoms with Crippen molar-refractivity contribution in [2.75, 3.05) is 11.1 Å². The highest BCUT2D eigenvalue weighted by atomic mass is 79.9. The Morgan fingerprint density at radius 3 is 2.94 bits per heavy atom. The zero-order valence-corrected chi connectivity index (χ0v) is 10.8. The molecule has 0 aliphatic rings. The van der Waals surface area contributed by atoms with Gasteiger partial charge in [0.2, 0.25) is 5.95 Å². The van der Waals surface area contributed by atoms with Gasteiger partial charge in [0.25, 0.3) is 0 Å². The smallest absolute Gasteiger partial charge is 0.221 e. The number of aromatic nitrogens is 3. The Morgan fingerprint density at radius 1 is 1.41 bits per heavy atom. The molecule has 2 aromatic heterocycles. The zero-order valence-electron chi connectivity index (χ0n) is 9.26. The number of rotatable bonds is 3. The monoisotopic (exact) mass is 293 g/mol. The van der Waals surface area contributed by atoms with Crippen LogP contribution in [0.15, 0.2) is 35.2 Å². The highest BCUT2D eigenvalue weighted by Gasteiger charge is 2.09. The summed E-state index contributed by atoms with van der Waals surface area (Å²) in [5.74, 6) is 0.919. The molecule has 0 amide bonds. The molecule has 6 heteroatoms. The van der Waals surface area contributed by atoms with E-state index in [0.29, 0.717) is 5.82 Å². The van der Waals surface area contributed by atoms with Crippen LogP contribution in [0.4, 0.5) is 11.8 Å². The first-order valence-electron chi connectivity index (χ1n) is 5.11. The fraction of sp³-hybridized carbons (Fsp3) is 0.182. The lowest BCUT2D eigenvalue weighted by Crippen LogP contribution is -2.10. The zero-order chi connectivity index (χ0) is 12.3. The van der Waals surface area contributed by atoms with E-state index < -0.39 is 0 Å². The Morgan fingerprint density at radius 2 is 2.24 bits per heavy atom. The van der Waals surface area contributed by atoms with E-state index in [0.717, 1.165) is 10.0 Å². The van der Waals surface area contributed by atoms with Crippen LogP contribution in [0, 0.1) is 0 Å². The molecule has 0 bridgehead atoms. The molecule has 0 saturated heterocycles. The van der Waals surface area contributed by atoms with Gasteiger partial charge in [0.05, 0.1) is 10.5 Å². The number of nitrogens with two attached hydrogens (primary N) is 1. The summed E-state index contributed by atoms with van der Waals surface area (Å²) in [4.78, 5) is 12.1. The van der Waals surface area contributed by atoms with Gasteiger partial charge in [0, 0.05) is 18.6 Å². The summed E-state index contributed by atoms with van der Waals surface area (Å²) in [5.41, 5.74) is 6.63. The molecule has 2 rings (SSSR count). The van der Waals surface area contributed by atoms with E-state index in [1.807, 2.05) is 25.3 Å². The minimum absolute atomic E-state index is 0.0919. The summed E-state index contributed by atoms with van der Waals surface area (Å²) in [6.45, 7) is 2.03. The van der Waals surface area contributed by atoms with Gasteiger partial charge in [-0.05, 0) is 34.5 Å². The fourth-order valence-electron chi connectivity index (χ4n) is 1.40. The average Bonchev–Trinajstić information content (AvgIpc) is 2.35. The Labute approximate surface area is 108 Å². The van der Waals surface area contributed by atoms with Gasteiger partial charge in [0.15, 0.2) is 0 Å². The van der Waals surface area contributed by atoms with Crippen LogP contribution in [0.3, 0.4) is 0 Å². The molecule has 0 aromatic carbocycles. The van der Waals surface area contributed by atoms with E-state index in [1.54, 1.807) is 12.4 Å². The van der Waals surface area contributed by atoms with E-state index in [9.17, 15) is 0 Å². The van der Waals surface area contributed by atoms with Crippen molar-refractivity contribution in [2.24, 2.45) is 0 Å². The third-order valence-corrected chi connectivity index (χ3v) is 2.88. The maximum absolute atomic E-state index is 5.55. The van der Waals surface area contributed by atoms with Crippen LogP contribution in [0.25, 0.3) is 0 Å². The average molecular weight is 294 g/mol. The molecular weight excluding hydrogens is 282 g/mol. The third-order valence-electron chi connectivity index (χ3n) is 2.30. The number of hydrogen-bond donors (Lipinski definition) is 2. The number of hydrogen-bond acceptors (Lipinski definition) is 5. The normalized spacial score (nSPS) is 12.1. The van der Waals surface area contributed by atoms with Crippen LogP contribution in [0.1, 0.15) is 18.5 Å². The molecule has 1 atom stereocenters. The molecule has 1 unspecified atom stereocenters. The highest BCUT2D eigenvalue weighted by molar-refractivity contribution is 9.10. The van der Waals surface area contributed by atoms with Crippen molar-refractivity contribution in [3.63, 3.8) is 0 Å². The predicted molar refractivity (Wildman–Crippen MR) is 70.4 cm³/mol. The van der Waals surface area contributed by atoms with Crippen LogP contribution < -0.4 is 11.1 Å². The first kappa shape index (κ1) is 11.8. The molecule has 0 radical (unpaired) electrons. The second kappa shape index (κ2) is 5.09. The predicted octanol–water partition coefficient (Wildman–Crippen LogP) is 2.39. The van der Waals surface area contributed by atoms with E-state index in [-0.39, 0.29) is 12.0 Å². The van der Waals surface area contributed by atoms with Gasteiger partial charge < -0.3 is 11.1 Å². The second-order valence-corrected chi connectivity index (χ2v) is 4.43. The maximum atomic E-state index is 5.55. The Kier molecular flexibility index (Phi) is 3.53. The quantitative estimate of drug-likeness (QED) is 0.909. The van der Waals surface area contributed by atoms with Gasteiger partial charge in [-0.2, -0.15) is 4.98 Å². The Bertz CT molecular complexity index is 502. The van der Waals surface area contributed by atoms with Crippen LogP contribution >= 0.6 is 15.9 Å². The van der Waals surface area contributed by atoms with Crippen LogP contribution in [-0.2, 0) is 0 Å². The molecule has 2 heterocycles. The largest absolute Gasteiger partial charge is 0.368 e. The van der Waals surface area contributed by atoms with Gasteiger partial charge in [0.1, 0.15) is 5.82 Å². The van der Waals surface area contributed by atoms with Gasteiger partial charge in [-0.1, -0.05) is 6.07 Å². The lowest BCUT2D eigenvalue weighted by Gasteiger charge is -2.15. The molecule has 88 valence electrons. The van der Waals surface area contributed by atoms with Crippen molar-refractivity contribution in [3.8, 4) is 0 Å². The van der Waals surface area contributed by atoms with E-state index in [4.69, 9.17) is 5.73 Å². The molecule has 0 aliphatic heterocycles. The van der Waals surface area contributed by atoms with Crippen LogP contribution in [0.5, 0.6) is 0 Å². The number of nitrogens with zero attached hydrogens (tertiary/aromatic N) is 3. The molecule has 0 fully saturated rings. The number of halogens is 1. The van der Waals surface area contributed by atoms with Crippen LogP contribution in [-0.4, -0.2) is 15.0 Å². The second-order valence-electron chi connectivity index (χ2n) is 3.58. The molecule has 0 saturated carbocycles. The van der Waals surface area contributed by atoms with Crippen molar-refractivity contribution >= 4 is 27.7 Å². The lowest BCUT2D eigenvalue weighted by atomic mass is 10.1. The molecule has 3 N–H and O–H groups in total. The minimum Gasteiger partial charge on any atom is -0.368 e. The molecule has 17 heavy (non-hydrogen) atoms. The summed E-state index contributed by atoms with van der Waals surface area (Å²) in [7, 11) is 0. The summed E-state index contributed by atoms with van der Waals surface area (Å²) >= 11 is 3.37. The van der Waals surface area contributed by atoms with Gasteiger partial charge >= 0.3 is 0 Å². The summed E-state index contributed by atoms with van der Waals surface area (Å²) in [6, 6.07) is 3.99. The number of anilines is 2. The number of nitrogens with one attached hydrogen (secondary N) is 1. The van der Waals surface area contributed by atoms with Gasteiger partial charge in [-0.25, -0.2) is 4.98 Å². The van der Waals surface area contributed by atoms with Gasteiger partial charge in [-0.3, -0.25) is 4.98 Å².